The molecule has 0 saturated heterocycles. The molecule has 0 aromatic heterocycles. The maximum absolute atomic E-state index is 10.6. The minimum Gasteiger partial charge on any atom is -0.396 e. The van der Waals surface area contributed by atoms with Crippen molar-refractivity contribution in [1.82, 2.24) is 5.06 Å². The van der Waals surface area contributed by atoms with Gasteiger partial charge in [0.2, 0.25) is 5.91 Å². The van der Waals surface area contributed by atoms with Crippen molar-refractivity contribution >= 4 is 5.91 Å². The minimum atomic E-state index is -0.222. The maximum atomic E-state index is 10.6. The quantitative estimate of drug-likeness (QED) is 0.523. The van der Waals surface area contributed by atoms with Gasteiger partial charge < -0.3 is 10.8 Å². The van der Waals surface area contributed by atoms with Gasteiger partial charge in [-0.3, -0.25) is 9.63 Å². The lowest BCUT2D eigenvalue weighted by Crippen LogP contribution is -2.25. The Kier molecular flexibility index (Phi) is 11.0. The summed E-state index contributed by atoms with van der Waals surface area (Å²) in [6.07, 6.45) is 0.115. The SMILES string of the molecule is CN.CON(C)C(=O)CCO. The molecule has 0 atom stereocenters. The summed E-state index contributed by atoms with van der Waals surface area (Å²) in [6, 6.07) is 0. The molecule has 5 heteroatoms. The molecule has 1 amide bonds. The lowest BCUT2D eigenvalue weighted by atomic mass is 10.4. The molecule has 0 aliphatic rings. The first-order valence-corrected chi connectivity index (χ1v) is 3.21. The lowest BCUT2D eigenvalue weighted by Gasteiger charge is -2.11. The van der Waals surface area contributed by atoms with Gasteiger partial charge in [0.15, 0.2) is 0 Å². The van der Waals surface area contributed by atoms with E-state index in [1.54, 1.807) is 0 Å². The number of aliphatic hydroxyl groups is 1. The van der Waals surface area contributed by atoms with E-state index in [0.29, 0.717) is 0 Å². The molecule has 0 aromatic rings. The van der Waals surface area contributed by atoms with Crippen molar-refractivity contribution in [2.45, 2.75) is 6.42 Å². The molecule has 0 spiro atoms. The van der Waals surface area contributed by atoms with Crippen molar-refractivity contribution in [3.05, 3.63) is 0 Å². The smallest absolute Gasteiger partial charge is 0.248 e. The van der Waals surface area contributed by atoms with Crippen LogP contribution in [0.25, 0.3) is 0 Å². The van der Waals surface area contributed by atoms with Crippen molar-refractivity contribution in [3.63, 3.8) is 0 Å². The number of nitrogens with two attached hydrogens (primary N) is 1. The van der Waals surface area contributed by atoms with Crippen molar-refractivity contribution in [2.75, 3.05) is 27.8 Å². The Morgan fingerprint density at radius 2 is 2.09 bits per heavy atom. The second-order valence-corrected chi connectivity index (χ2v) is 1.55. The predicted octanol–water partition coefficient (Wildman–Crippen LogP) is -1.04. The summed E-state index contributed by atoms with van der Waals surface area (Å²) in [5.41, 5.74) is 4.50. The molecule has 0 radical (unpaired) electrons. The molecule has 0 rings (SSSR count). The third-order valence-electron chi connectivity index (χ3n) is 0.951. The van der Waals surface area contributed by atoms with Crippen LogP contribution in [0.15, 0.2) is 0 Å². The Morgan fingerprint density at radius 3 is 2.36 bits per heavy atom. The zero-order chi connectivity index (χ0) is 9.28. The molecule has 68 valence electrons. The van der Waals surface area contributed by atoms with Crippen molar-refractivity contribution in [2.24, 2.45) is 5.73 Å². The van der Waals surface area contributed by atoms with E-state index in [4.69, 9.17) is 5.11 Å². The Hall–Kier alpha value is -0.650. The lowest BCUT2D eigenvalue weighted by molar-refractivity contribution is -0.169. The first-order chi connectivity index (χ1) is 5.22. The monoisotopic (exact) mass is 164 g/mol. The number of rotatable bonds is 3. The van der Waals surface area contributed by atoms with Crippen molar-refractivity contribution in [1.29, 1.82) is 0 Å². The van der Waals surface area contributed by atoms with E-state index < -0.39 is 0 Å². The van der Waals surface area contributed by atoms with Crippen LogP contribution in [0, 0.1) is 0 Å². The van der Waals surface area contributed by atoms with Gasteiger partial charge in [-0.2, -0.15) is 0 Å². The molecule has 0 fully saturated rings. The average molecular weight is 164 g/mol. The van der Waals surface area contributed by atoms with E-state index in [1.165, 1.54) is 21.2 Å². The molecule has 0 aliphatic carbocycles. The number of aliphatic hydroxyl groups excluding tert-OH is 1. The van der Waals surface area contributed by atoms with E-state index in [9.17, 15) is 4.79 Å². The summed E-state index contributed by atoms with van der Waals surface area (Å²) in [5, 5.41) is 9.36. The topological polar surface area (TPSA) is 75.8 Å². The molecule has 3 N–H and O–H groups in total. The number of hydrogen-bond donors (Lipinski definition) is 2. The summed E-state index contributed by atoms with van der Waals surface area (Å²) in [7, 11) is 4.40. The standard InChI is InChI=1S/C5H11NO3.CH5N/c1-6(9-2)5(8)3-4-7;1-2/h7H,3-4H2,1-2H3;2H2,1H3. The van der Waals surface area contributed by atoms with Crippen molar-refractivity contribution in [3.8, 4) is 0 Å². The van der Waals surface area contributed by atoms with Gasteiger partial charge in [0.1, 0.15) is 0 Å². The summed E-state index contributed by atoms with van der Waals surface area (Å²) < 4.78 is 0. The minimum absolute atomic E-state index is 0.115. The zero-order valence-electron chi connectivity index (χ0n) is 7.20. The first kappa shape index (κ1) is 13.0. The highest BCUT2D eigenvalue weighted by atomic mass is 16.7. The summed E-state index contributed by atoms with van der Waals surface area (Å²) in [4.78, 5) is 15.2. The van der Waals surface area contributed by atoms with Crippen molar-refractivity contribution < 1.29 is 14.7 Å². The van der Waals surface area contributed by atoms with Gasteiger partial charge in [-0.1, -0.05) is 0 Å². The van der Waals surface area contributed by atoms with Gasteiger partial charge in [0.25, 0.3) is 0 Å². The molecule has 0 aliphatic heterocycles. The van der Waals surface area contributed by atoms with Crippen LogP contribution in [0.4, 0.5) is 0 Å². The number of carbonyl (C=O) groups is 1. The summed E-state index contributed by atoms with van der Waals surface area (Å²) in [6.45, 7) is -0.132. The van der Waals surface area contributed by atoms with Crippen LogP contribution in [0.5, 0.6) is 0 Å². The van der Waals surface area contributed by atoms with Crippen LogP contribution >= 0.6 is 0 Å². The first-order valence-electron chi connectivity index (χ1n) is 3.21. The molecular weight excluding hydrogens is 148 g/mol. The number of hydroxylamine groups is 2. The average Bonchev–Trinajstić information content (AvgIpc) is 2.07. The van der Waals surface area contributed by atoms with Crippen LogP contribution in [0.2, 0.25) is 0 Å². The normalized spacial score (nSPS) is 8.09. The molecule has 0 unspecified atom stereocenters. The highest BCUT2D eigenvalue weighted by molar-refractivity contribution is 5.74. The van der Waals surface area contributed by atoms with E-state index in [-0.39, 0.29) is 18.9 Å². The van der Waals surface area contributed by atoms with Crippen LogP contribution in [0.1, 0.15) is 6.42 Å². The van der Waals surface area contributed by atoms with Crippen LogP contribution in [-0.4, -0.2) is 43.9 Å². The molecule has 5 nitrogen and oxygen atoms in total. The fourth-order valence-corrected chi connectivity index (χ4v) is 0.355. The fourth-order valence-electron chi connectivity index (χ4n) is 0.355. The molecule has 0 saturated carbocycles. The van der Waals surface area contributed by atoms with E-state index in [0.717, 1.165) is 5.06 Å². The number of carbonyl (C=O) groups excluding carboxylic acids is 1. The van der Waals surface area contributed by atoms with E-state index in [1.807, 2.05) is 0 Å². The van der Waals surface area contributed by atoms with Gasteiger partial charge in [0, 0.05) is 7.05 Å². The van der Waals surface area contributed by atoms with Gasteiger partial charge in [-0.05, 0) is 7.05 Å². The van der Waals surface area contributed by atoms with E-state index >= 15 is 0 Å². The van der Waals surface area contributed by atoms with Gasteiger partial charge >= 0.3 is 0 Å². The summed E-state index contributed by atoms with van der Waals surface area (Å²) in [5.74, 6) is -0.222. The van der Waals surface area contributed by atoms with Crippen LogP contribution in [-0.2, 0) is 9.63 Å². The zero-order valence-corrected chi connectivity index (χ0v) is 7.20. The van der Waals surface area contributed by atoms with Gasteiger partial charge in [0.05, 0.1) is 20.1 Å². The highest BCUT2D eigenvalue weighted by Gasteiger charge is 2.04. The number of amides is 1. The van der Waals surface area contributed by atoms with E-state index in [2.05, 4.69) is 10.6 Å². The number of hydrogen-bond acceptors (Lipinski definition) is 4. The second-order valence-electron chi connectivity index (χ2n) is 1.55. The highest BCUT2D eigenvalue weighted by Crippen LogP contribution is 1.87. The Bertz CT molecular complexity index is 97.8. The van der Waals surface area contributed by atoms with Crippen LogP contribution < -0.4 is 5.73 Å². The molecule has 11 heavy (non-hydrogen) atoms. The number of nitrogens with zero attached hydrogens (tertiary/aromatic N) is 1. The Balaban J connectivity index is 0. The second kappa shape index (κ2) is 9.35. The molecular formula is C6H16N2O3. The summed E-state index contributed by atoms with van der Waals surface area (Å²) >= 11 is 0. The van der Waals surface area contributed by atoms with Crippen LogP contribution in [0.3, 0.4) is 0 Å². The predicted molar refractivity (Wildman–Crippen MR) is 41.6 cm³/mol. The Labute approximate surface area is 66.7 Å². The molecule has 0 heterocycles. The molecule has 0 bridgehead atoms. The van der Waals surface area contributed by atoms with Gasteiger partial charge in [-0.15, -0.1) is 0 Å². The molecule has 0 aromatic carbocycles. The third-order valence-corrected chi connectivity index (χ3v) is 0.951. The third kappa shape index (κ3) is 7.24. The maximum Gasteiger partial charge on any atom is 0.248 e. The fraction of sp³-hybridized carbons (Fsp3) is 0.833. The van der Waals surface area contributed by atoms with Gasteiger partial charge in [-0.25, -0.2) is 5.06 Å². The largest absolute Gasteiger partial charge is 0.396 e. The Morgan fingerprint density at radius 1 is 1.64 bits per heavy atom.